The van der Waals surface area contributed by atoms with E-state index in [4.69, 9.17) is 5.73 Å². The summed E-state index contributed by atoms with van der Waals surface area (Å²) in [6.45, 7) is 1.87. The summed E-state index contributed by atoms with van der Waals surface area (Å²) in [6, 6.07) is 7.44. The summed E-state index contributed by atoms with van der Waals surface area (Å²) in [5, 5.41) is 6.17. The lowest BCUT2D eigenvalue weighted by Gasteiger charge is -2.12. The number of thiophene rings is 1. The quantitative estimate of drug-likeness (QED) is 0.518. The van der Waals surface area contributed by atoms with Crippen LogP contribution in [0.3, 0.4) is 0 Å². The Bertz CT molecular complexity index is 716. The Balaban J connectivity index is 1.73. The van der Waals surface area contributed by atoms with Gasteiger partial charge in [-0.2, -0.15) is 5.10 Å². The number of rotatable bonds is 3. The summed E-state index contributed by atoms with van der Waals surface area (Å²) in [7, 11) is 0. The van der Waals surface area contributed by atoms with Gasteiger partial charge in [0.2, 0.25) is 0 Å². The third kappa shape index (κ3) is 3.04. The van der Waals surface area contributed by atoms with Gasteiger partial charge in [-0.1, -0.05) is 12.1 Å². The number of nitrogens with one attached hydrogen (secondary N) is 1. The average Bonchev–Trinajstić information content (AvgIpc) is 2.97. The maximum Gasteiger partial charge on any atom is 0.272 e. The summed E-state index contributed by atoms with van der Waals surface area (Å²) < 4.78 is 0. The SMILES string of the molecule is CC(=NNC(=O)c1csc2c1CCCC2)c1ccc(N)cc1. The molecule has 0 atom stereocenters. The van der Waals surface area contributed by atoms with Crippen molar-refractivity contribution >= 4 is 28.6 Å². The van der Waals surface area contributed by atoms with Crippen LogP contribution in [0.2, 0.25) is 0 Å². The molecular weight excluding hydrogens is 294 g/mol. The zero-order valence-corrected chi connectivity index (χ0v) is 13.4. The van der Waals surface area contributed by atoms with Gasteiger partial charge in [0, 0.05) is 15.9 Å². The van der Waals surface area contributed by atoms with Gasteiger partial charge in [-0.25, -0.2) is 5.43 Å². The molecule has 0 bridgehead atoms. The molecule has 2 aromatic rings. The third-order valence-corrected chi connectivity index (χ3v) is 5.05. The lowest BCUT2D eigenvalue weighted by Crippen LogP contribution is -2.20. The molecule has 0 unspecified atom stereocenters. The molecule has 1 aromatic heterocycles. The van der Waals surface area contributed by atoms with Gasteiger partial charge in [-0.05, 0) is 55.9 Å². The minimum Gasteiger partial charge on any atom is -0.399 e. The second kappa shape index (κ2) is 6.32. The number of benzene rings is 1. The zero-order chi connectivity index (χ0) is 15.5. The Hall–Kier alpha value is -2.14. The van der Waals surface area contributed by atoms with E-state index in [1.807, 2.05) is 36.6 Å². The molecule has 1 aliphatic rings. The number of nitrogens with two attached hydrogens (primary N) is 1. The van der Waals surface area contributed by atoms with Crippen LogP contribution in [0.15, 0.2) is 34.7 Å². The fourth-order valence-electron chi connectivity index (χ4n) is 2.67. The molecule has 0 fully saturated rings. The van der Waals surface area contributed by atoms with Crippen LogP contribution in [-0.4, -0.2) is 11.6 Å². The molecule has 1 heterocycles. The first-order valence-electron chi connectivity index (χ1n) is 7.45. The largest absolute Gasteiger partial charge is 0.399 e. The second-order valence-corrected chi connectivity index (χ2v) is 6.48. The molecule has 22 heavy (non-hydrogen) atoms. The maximum atomic E-state index is 12.3. The van der Waals surface area contributed by atoms with Crippen molar-refractivity contribution in [2.24, 2.45) is 5.10 Å². The monoisotopic (exact) mass is 313 g/mol. The number of carbonyl (C=O) groups is 1. The minimum absolute atomic E-state index is 0.116. The average molecular weight is 313 g/mol. The van der Waals surface area contributed by atoms with E-state index in [0.717, 1.165) is 36.1 Å². The summed E-state index contributed by atoms with van der Waals surface area (Å²) in [5.41, 5.74) is 12.8. The molecule has 5 heteroatoms. The molecule has 1 aliphatic carbocycles. The van der Waals surface area contributed by atoms with Crippen LogP contribution in [0.25, 0.3) is 0 Å². The van der Waals surface area contributed by atoms with E-state index in [1.54, 1.807) is 11.3 Å². The van der Waals surface area contributed by atoms with Crippen LogP contribution in [0.1, 0.15) is 46.1 Å². The molecule has 0 saturated heterocycles. The smallest absolute Gasteiger partial charge is 0.272 e. The number of hydrogen-bond donors (Lipinski definition) is 2. The topological polar surface area (TPSA) is 67.5 Å². The number of amides is 1. The highest BCUT2D eigenvalue weighted by molar-refractivity contribution is 7.10. The van der Waals surface area contributed by atoms with Gasteiger partial charge in [-0.15, -0.1) is 11.3 Å². The van der Waals surface area contributed by atoms with E-state index in [-0.39, 0.29) is 5.91 Å². The van der Waals surface area contributed by atoms with Gasteiger partial charge in [0.25, 0.3) is 5.91 Å². The second-order valence-electron chi connectivity index (χ2n) is 5.52. The van der Waals surface area contributed by atoms with Crippen LogP contribution < -0.4 is 11.2 Å². The number of hydrogen-bond acceptors (Lipinski definition) is 4. The van der Waals surface area contributed by atoms with E-state index in [2.05, 4.69) is 10.5 Å². The van der Waals surface area contributed by atoms with Gasteiger partial charge in [0.15, 0.2) is 0 Å². The maximum absolute atomic E-state index is 12.3. The van der Waals surface area contributed by atoms with Gasteiger partial charge in [-0.3, -0.25) is 4.79 Å². The fraction of sp³-hybridized carbons (Fsp3) is 0.294. The predicted octanol–water partition coefficient (Wildman–Crippen LogP) is 3.36. The molecule has 0 radical (unpaired) electrons. The zero-order valence-electron chi connectivity index (χ0n) is 12.6. The molecule has 3 rings (SSSR count). The van der Waals surface area contributed by atoms with E-state index in [9.17, 15) is 4.79 Å². The number of hydrazone groups is 1. The molecular formula is C17H19N3OS. The Morgan fingerprint density at radius 2 is 1.95 bits per heavy atom. The lowest BCUT2D eigenvalue weighted by atomic mass is 9.96. The van der Waals surface area contributed by atoms with Crippen molar-refractivity contribution in [1.29, 1.82) is 0 Å². The first-order chi connectivity index (χ1) is 10.6. The molecule has 114 valence electrons. The van der Waals surface area contributed by atoms with E-state index < -0.39 is 0 Å². The number of aryl methyl sites for hydroxylation is 1. The van der Waals surface area contributed by atoms with Crippen molar-refractivity contribution in [3.8, 4) is 0 Å². The summed E-state index contributed by atoms with van der Waals surface area (Å²) in [5.74, 6) is -0.116. The molecule has 1 amide bonds. The van der Waals surface area contributed by atoms with Crippen molar-refractivity contribution in [1.82, 2.24) is 5.43 Å². The normalized spacial score (nSPS) is 14.5. The highest BCUT2D eigenvalue weighted by Gasteiger charge is 2.19. The van der Waals surface area contributed by atoms with Gasteiger partial charge in [0.1, 0.15) is 0 Å². The highest BCUT2D eigenvalue weighted by Crippen LogP contribution is 2.30. The predicted molar refractivity (Wildman–Crippen MR) is 91.5 cm³/mol. The molecule has 0 aliphatic heterocycles. The Morgan fingerprint density at radius 3 is 2.73 bits per heavy atom. The molecule has 4 nitrogen and oxygen atoms in total. The van der Waals surface area contributed by atoms with E-state index in [1.165, 1.54) is 16.9 Å². The number of carbonyl (C=O) groups excluding carboxylic acids is 1. The Kier molecular flexibility index (Phi) is 4.24. The fourth-order valence-corrected chi connectivity index (χ4v) is 3.79. The van der Waals surface area contributed by atoms with Crippen LogP contribution in [0.5, 0.6) is 0 Å². The summed E-state index contributed by atoms with van der Waals surface area (Å²) in [4.78, 5) is 13.7. The first kappa shape index (κ1) is 14.8. The van der Waals surface area contributed by atoms with Crippen LogP contribution in [0.4, 0.5) is 5.69 Å². The lowest BCUT2D eigenvalue weighted by molar-refractivity contribution is 0.0954. The molecule has 1 aromatic carbocycles. The van der Waals surface area contributed by atoms with Gasteiger partial charge < -0.3 is 5.73 Å². The standard InChI is InChI=1S/C17H19N3OS/c1-11(12-6-8-13(18)9-7-12)19-20-17(21)15-10-22-16-5-3-2-4-14(15)16/h6-10H,2-5,18H2,1H3,(H,20,21). The molecule has 3 N–H and O–H groups in total. The number of fused-ring (bicyclic) bond motifs is 1. The first-order valence-corrected chi connectivity index (χ1v) is 8.33. The summed E-state index contributed by atoms with van der Waals surface area (Å²) in [6.07, 6.45) is 4.49. The van der Waals surface area contributed by atoms with Crippen LogP contribution in [0, 0.1) is 0 Å². The highest BCUT2D eigenvalue weighted by atomic mass is 32.1. The van der Waals surface area contributed by atoms with Gasteiger partial charge in [0.05, 0.1) is 11.3 Å². The Morgan fingerprint density at radius 1 is 1.23 bits per heavy atom. The number of nitrogen functional groups attached to an aromatic ring is 1. The Labute approximate surface area is 134 Å². The molecule has 0 spiro atoms. The molecule has 0 saturated carbocycles. The van der Waals surface area contributed by atoms with Crippen molar-refractivity contribution in [3.05, 3.63) is 51.2 Å². The van der Waals surface area contributed by atoms with Crippen molar-refractivity contribution < 1.29 is 4.79 Å². The minimum atomic E-state index is -0.116. The third-order valence-electron chi connectivity index (χ3n) is 3.96. The van der Waals surface area contributed by atoms with Gasteiger partial charge >= 0.3 is 0 Å². The van der Waals surface area contributed by atoms with Crippen molar-refractivity contribution in [2.45, 2.75) is 32.6 Å². The van der Waals surface area contributed by atoms with Crippen molar-refractivity contribution in [3.63, 3.8) is 0 Å². The summed E-state index contributed by atoms with van der Waals surface area (Å²) >= 11 is 1.69. The van der Waals surface area contributed by atoms with E-state index >= 15 is 0 Å². The number of anilines is 1. The van der Waals surface area contributed by atoms with E-state index in [0.29, 0.717) is 5.69 Å². The van der Waals surface area contributed by atoms with Crippen LogP contribution >= 0.6 is 11.3 Å². The van der Waals surface area contributed by atoms with Crippen molar-refractivity contribution in [2.75, 3.05) is 5.73 Å². The number of nitrogens with zero attached hydrogens (tertiary/aromatic N) is 1. The van der Waals surface area contributed by atoms with Crippen LogP contribution in [-0.2, 0) is 12.8 Å².